The zero-order valence-corrected chi connectivity index (χ0v) is 22.4. The summed E-state index contributed by atoms with van der Waals surface area (Å²) < 4.78 is 0. The third-order valence-corrected chi connectivity index (χ3v) is 8.06. The Morgan fingerprint density at radius 1 is 0.390 bits per heavy atom. The molecule has 0 N–H and O–H groups in total. The van der Waals surface area contributed by atoms with Crippen LogP contribution in [0.1, 0.15) is 0 Å². The number of aromatic nitrogens is 1. The lowest BCUT2D eigenvalue weighted by Crippen LogP contribution is -2.13. The maximum atomic E-state index is 5.02. The SMILES string of the molecule is c1ccc(N(c2nccc3ccccc23)c2c3ccccc3c(-c3cccc4ccccc34)c3ccccc23)cc1. The summed E-state index contributed by atoms with van der Waals surface area (Å²) in [5.41, 5.74) is 4.71. The predicted molar refractivity (Wildman–Crippen MR) is 174 cm³/mol. The number of para-hydroxylation sites is 1. The Hall–Kier alpha value is -5.47. The van der Waals surface area contributed by atoms with Crippen LogP contribution in [0.25, 0.3) is 54.2 Å². The summed E-state index contributed by atoms with van der Waals surface area (Å²) in [5, 5.41) is 9.60. The molecule has 0 atom stereocenters. The minimum atomic E-state index is 0.919. The third-order valence-electron chi connectivity index (χ3n) is 8.06. The van der Waals surface area contributed by atoms with Gasteiger partial charge in [-0.05, 0) is 56.3 Å². The van der Waals surface area contributed by atoms with Gasteiger partial charge in [-0.2, -0.15) is 0 Å². The van der Waals surface area contributed by atoms with E-state index in [0.717, 1.165) is 22.6 Å². The summed E-state index contributed by atoms with van der Waals surface area (Å²) in [6, 6.07) is 54.1. The van der Waals surface area contributed by atoms with Crippen LogP contribution >= 0.6 is 0 Å². The number of nitrogens with zero attached hydrogens (tertiary/aromatic N) is 2. The minimum Gasteiger partial charge on any atom is -0.293 e. The molecule has 7 aromatic carbocycles. The fourth-order valence-corrected chi connectivity index (χ4v) is 6.30. The van der Waals surface area contributed by atoms with Crippen molar-refractivity contribution in [1.82, 2.24) is 4.98 Å². The molecule has 2 heteroatoms. The second kappa shape index (κ2) is 9.62. The van der Waals surface area contributed by atoms with Gasteiger partial charge in [-0.15, -0.1) is 0 Å². The average Bonchev–Trinajstić information content (AvgIpc) is 3.05. The number of hydrogen-bond donors (Lipinski definition) is 0. The molecule has 41 heavy (non-hydrogen) atoms. The Labute approximate surface area is 238 Å². The molecule has 0 saturated carbocycles. The lowest BCUT2D eigenvalue weighted by Gasteiger charge is -2.29. The molecule has 0 amide bonds. The van der Waals surface area contributed by atoms with Crippen LogP contribution in [-0.2, 0) is 0 Å². The Kier molecular flexibility index (Phi) is 5.49. The lowest BCUT2D eigenvalue weighted by atomic mass is 9.88. The van der Waals surface area contributed by atoms with Gasteiger partial charge in [-0.1, -0.05) is 133 Å². The van der Waals surface area contributed by atoms with Gasteiger partial charge in [0.15, 0.2) is 0 Å². The molecule has 0 unspecified atom stereocenters. The van der Waals surface area contributed by atoms with Crippen molar-refractivity contribution in [3.63, 3.8) is 0 Å². The molecule has 0 fully saturated rings. The van der Waals surface area contributed by atoms with Gasteiger partial charge < -0.3 is 0 Å². The Balaban J connectivity index is 1.55. The van der Waals surface area contributed by atoms with E-state index in [1.54, 1.807) is 0 Å². The summed E-state index contributed by atoms with van der Waals surface area (Å²) in [5.74, 6) is 0.919. The van der Waals surface area contributed by atoms with Crippen LogP contribution in [0.3, 0.4) is 0 Å². The van der Waals surface area contributed by atoms with Crippen molar-refractivity contribution in [2.45, 2.75) is 0 Å². The van der Waals surface area contributed by atoms with Gasteiger partial charge in [-0.25, -0.2) is 4.98 Å². The summed E-state index contributed by atoms with van der Waals surface area (Å²) in [6.45, 7) is 0. The second-order valence-corrected chi connectivity index (χ2v) is 10.4. The van der Waals surface area contributed by atoms with Crippen molar-refractivity contribution in [2.24, 2.45) is 0 Å². The van der Waals surface area contributed by atoms with E-state index in [-0.39, 0.29) is 0 Å². The maximum Gasteiger partial charge on any atom is 0.145 e. The summed E-state index contributed by atoms with van der Waals surface area (Å²) in [7, 11) is 0. The highest BCUT2D eigenvalue weighted by molar-refractivity contribution is 6.24. The van der Waals surface area contributed by atoms with Crippen LogP contribution < -0.4 is 4.90 Å². The van der Waals surface area contributed by atoms with Gasteiger partial charge in [0, 0.05) is 28.0 Å². The van der Waals surface area contributed by atoms with Crippen LogP contribution in [-0.4, -0.2) is 4.98 Å². The fourth-order valence-electron chi connectivity index (χ4n) is 6.30. The maximum absolute atomic E-state index is 5.02. The molecular formula is C39H26N2. The van der Waals surface area contributed by atoms with Gasteiger partial charge in [0.25, 0.3) is 0 Å². The summed E-state index contributed by atoms with van der Waals surface area (Å²) in [6.07, 6.45) is 1.92. The first-order chi connectivity index (χ1) is 20.4. The Morgan fingerprint density at radius 3 is 1.59 bits per heavy atom. The lowest BCUT2D eigenvalue weighted by molar-refractivity contribution is 1.21. The number of benzene rings is 7. The molecule has 0 saturated heterocycles. The summed E-state index contributed by atoms with van der Waals surface area (Å²) in [4.78, 5) is 7.37. The third kappa shape index (κ3) is 3.76. The largest absolute Gasteiger partial charge is 0.293 e. The zero-order chi connectivity index (χ0) is 27.2. The number of hydrogen-bond acceptors (Lipinski definition) is 2. The van der Waals surface area contributed by atoms with Crippen LogP contribution in [0.4, 0.5) is 17.2 Å². The van der Waals surface area contributed by atoms with Gasteiger partial charge in [0.05, 0.1) is 5.69 Å². The van der Waals surface area contributed by atoms with E-state index < -0.39 is 0 Å². The van der Waals surface area contributed by atoms with E-state index in [4.69, 9.17) is 4.98 Å². The van der Waals surface area contributed by atoms with E-state index in [0.29, 0.717) is 0 Å². The molecule has 192 valence electrons. The van der Waals surface area contributed by atoms with Crippen LogP contribution in [0.15, 0.2) is 158 Å². The first kappa shape index (κ1) is 23.4. The highest BCUT2D eigenvalue weighted by Gasteiger charge is 2.24. The number of fused-ring (bicyclic) bond motifs is 4. The van der Waals surface area contributed by atoms with Gasteiger partial charge in [0.2, 0.25) is 0 Å². The first-order valence-electron chi connectivity index (χ1n) is 14.0. The second-order valence-electron chi connectivity index (χ2n) is 10.4. The predicted octanol–water partition coefficient (Wildman–Crippen LogP) is 10.8. The van der Waals surface area contributed by atoms with Crippen molar-refractivity contribution >= 4 is 60.3 Å². The van der Waals surface area contributed by atoms with Crippen molar-refractivity contribution < 1.29 is 0 Å². The van der Waals surface area contributed by atoms with Gasteiger partial charge in [-0.3, -0.25) is 4.90 Å². The quantitative estimate of drug-likeness (QED) is 0.214. The first-order valence-corrected chi connectivity index (χ1v) is 14.0. The van der Waals surface area contributed by atoms with E-state index in [1.165, 1.54) is 48.8 Å². The number of pyridine rings is 1. The molecule has 0 bridgehead atoms. The molecule has 2 nitrogen and oxygen atoms in total. The molecule has 0 aliphatic carbocycles. The Bertz CT molecular complexity index is 2150. The van der Waals surface area contributed by atoms with E-state index >= 15 is 0 Å². The smallest absolute Gasteiger partial charge is 0.145 e. The van der Waals surface area contributed by atoms with Crippen molar-refractivity contribution in [3.8, 4) is 11.1 Å². The Morgan fingerprint density at radius 2 is 0.902 bits per heavy atom. The topological polar surface area (TPSA) is 16.1 Å². The molecule has 0 aliphatic heterocycles. The molecule has 8 aromatic rings. The molecule has 0 spiro atoms. The fraction of sp³-hybridized carbons (Fsp3) is 0. The average molecular weight is 523 g/mol. The number of anilines is 3. The van der Waals surface area contributed by atoms with Crippen LogP contribution in [0.5, 0.6) is 0 Å². The molecule has 0 aliphatic rings. The molecule has 1 heterocycles. The molecule has 8 rings (SSSR count). The molecular weight excluding hydrogens is 496 g/mol. The van der Waals surface area contributed by atoms with Crippen LogP contribution in [0, 0.1) is 0 Å². The van der Waals surface area contributed by atoms with Crippen molar-refractivity contribution in [3.05, 3.63) is 158 Å². The molecule has 0 radical (unpaired) electrons. The molecule has 1 aromatic heterocycles. The number of rotatable bonds is 4. The van der Waals surface area contributed by atoms with E-state index in [2.05, 4.69) is 157 Å². The van der Waals surface area contributed by atoms with Gasteiger partial charge >= 0.3 is 0 Å². The highest BCUT2D eigenvalue weighted by Crippen LogP contribution is 2.49. The normalized spacial score (nSPS) is 11.4. The van der Waals surface area contributed by atoms with Crippen molar-refractivity contribution in [2.75, 3.05) is 4.90 Å². The summed E-state index contributed by atoms with van der Waals surface area (Å²) >= 11 is 0. The highest BCUT2D eigenvalue weighted by atomic mass is 15.2. The minimum absolute atomic E-state index is 0.919. The van der Waals surface area contributed by atoms with Crippen molar-refractivity contribution in [1.29, 1.82) is 0 Å². The van der Waals surface area contributed by atoms with Gasteiger partial charge in [0.1, 0.15) is 5.82 Å². The van der Waals surface area contributed by atoms with E-state index in [1.807, 2.05) is 6.20 Å². The monoisotopic (exact) mass is 522 g/mol. The zero-order valence-electron chi connectivity index (χ0n) is 22.4. The van der Waals surface area contributed by atoms with E-state index in [9.17, 15) is 0 Å². The van der Waals surface area contributed by atoms with Crippen LogP contribution in [0.2, 0.25) is 0 Å². The standard InChI is InChI=1S/C39H26N2/c1-2-16-29(17-3-1)41(39-31-19-7-5-14-28(31)25-26-40-39)38-35-22-10-8-20-33(35)37(34-21-9-11-23-36(34)38)32-24-12-15-27-13-4-6-18-30(27)32/h1-26H.